The van der Waals surface area contributed by atoms with E-state index in [9.17, 15) is 9.90 Å². The van der Waals surface area contributed by atoms with Crippen LogP contribution in [0.25, 0.3) is 0 Å². The average molecular weight is 337 g/mol. The Labute approximate surface area is 143 Å². The molecule has 0 radical (unpaired) electrons. The van der Waals surface area contributed by atoms with Crippen molar-refractivity contribution in [3.8, 4) is 0 Å². The molecule has 0 aromatic heterocycles. The van der Waals surface area contributed by atoms with Gasteiger partial charge in [-0.2, -0.15) is 11.8 Å². The number of rotatable bonds is 5. The maximum Gasteiger partial charge on any atom is 0.224 e. The maximum absolute atomic E-state index is 12.5. The molecule has 1 aliphatic rings. The normalized spacial score (nSPS) is 16.9. The summed E-state index contributed by atoms with van der Waals surface area (Å²) in [5, 5.41) is 12.8. The quantitative estimate of drug-likeness (QED) is 0.866. The zero-order valence-corrected chi connectivity index (χ0v) is 15.4. The van der Waals surface area contributed by atoms with Gasteiger partial charge >= 0.3 is 0 Å². The monoisotopic (exact) mass is 336 g/mol. The number of thioether (sulfide) groups is 1. The molecule has 0 spiro atoms. The first-order chi connectivity index (χ1) is 10.9. The van der Waals surface area contributed by atoms with E-state index in [1.165, 1.54) is 0 Å². The van der Waals surface area contributed by atoms with Gasteiger partial charge in [0.25, 0.3) is 0 Å². The SMILES string of the molecule is Cc1cc(N(C)C)cc(C)c1CC(=O)NC1(CO)CCSCC1. The molecule has 1 fully saturated rings. The Bertz CT molecular complexity index is 543. The van der Waals surface area contributed by atoms with Gasteiger partial charge in [0, 0.05) is 19.8 Å². The third-order valence-corrected chi connectivity index (χ3v) is 5.68. The lowest BCUT2D eigenvalue weighted by atomic mass is 9.92. The van der Waals surface area contributed by atoms with E-state index in [0.29, 0.717) is 6.42 Å². The highest BCUT2D eigenvalue weighted by molar-refractivity contribution is 7.99. The molecule has 2 N–H and O–H groups in total. The van der Waals surface area contributed by atoms with Crippen molar-refractivity contribution in [1.29, 1.82) is 0 Å². The molecule has 0 saturated carbocycles. The third kappa shape index (κ3) is 4.42. The van der Waals surface area contributed by atoms with E-state index in [2.05, 4.69) is 36.2 Å². The van der Waals surface area contributed by atoms with Crippen molar-refractivity contribution >= 4 is 23.4 Å². The number of amides is 1. The van der Waals surface area contributed by atoms with Crippen LogP contribution >= 0.6 is 11.8 Å². The molecule has 1 aromatic carbocycles. The van der Waals surface area contributed by atoms with Crippen molar-refractivity contribution in [1.82, 2.24) is 5.32 Å². The van der Waals surface area contributed by atoms with Gasteiger partial charge < -0.3 is 15.3 Å². The van der Waals surface area contributed by atoms with Gasteiger partial charge in [-0.15, -0.1) is 0 Å². The Morgan fingerprint density at radius 1 is 1.26 bits per heavy atom. The summed E-state index contributed by atoms with van der Waals surface area (Å²) in [6.07, 6.45) is 2.06. The lowest BCUT2D eigenvalue weighted by molar-refractivity contribution is -0.123. The highest BCUT2D eigenvalue weighted by Gasteiger charge is 2.33. The van der Waals surface area contributed by atoms with Crippen LogP contribution in [0.4, 0.5) is 5.69 Å². The van der Waals surface area contributed by atoms with Gasteiger partial charge in [0.05, 0.1) is 18.6 Å². The predicted molar refractivity (Wildman–Crippen MR) is 98.5 cm³/mol. The number of aryl methyl sites for hydroxylation is 2. The number of anilines is 1. The van der Waals surface area contributed by atoms with E-state index in [1.54, 1.807) is 0 Å². The van der Waals surface area contributed by atoms with Gasteiger partial charge in [0.1, 0.15) is 0 Å². The molecule has 0 bridgehead atoms. The number of carbonyl (C=O) groups is 1. The van der Waals surface area contributed by atoms with Crippen LogP contribution in [-0.2, 0) is 11.2 Å². The molecule has 1 aromatic rings. The Morgan fingerprint density at radius 3 is 2.30 bits per heavy atom. The van der Waals surface area contributed by atoms with Crippen LogP contribution in [0, 0.1) is 13.8 Å². The molecular weight excluding hydrogens is 308 g/mol. The van der Waals surface area contributed by atoms with E-state index >= 15 is 0 Å². The van der Waals surface area contributed by atoms with Crippen LogP contribution in [0.15, 0.2) is 12.1 Å². The second kappa shape index (κ2) is 7.58. The summed E-state index contributed by atoms with van der Waals surface area (Å²) in [5.41, 5.74) is 4.10. The second-order valence-electron chi connectivity index (χ2n) is 6.73. The molecule has 0 atom stereocenters. The molecule has 0 aliphatic carbocycles. The highest BCUT2D eigenvalue weighted by Crippen LogP contribution is 2.27. The third-order valence-electron chi connectivity index (χ3n) is 4.69. The fraction of sp³-hybridized carbons (Fsp3) is 0.611. The predicted octanol–water partition coefficient (Wildman–Crippen LogP) is 2.29. The number of hydrogen-bond acceptors (Lipinski definition) is 4. The van der Waals surface area contributed by atoms with E-state index in [-0.39, 0.29) is 12.5 Å². The maximum atomic E-state index is 12.5. The van der Waals surface area contributed by atoms with Gasteiger partial charge in [-0.25, -0.2) is 0 Å². The van der Waals surface area contributed by atoms with Gasteiger partial charge in [0.15, 0.2) is 0 Å². The van der Waals surface area contributed by atoms with E-state index in [0.717, 1.165) is 46.7 Å². The van der Waals surface area contributed by atoms with Gasteiger partial charge in [-0.1, -0.05) is 0 Å². The first-order valence-electron chi connectivity index (χ1n) is 8.14. The summed E-state index contributed by atoms with van der Waals surface area (Å²) < 4.78 is 0. The molecule has 1 heterocycles. The van der Waals surface area contributed by atoms with E-state index in [1.807, 2.05) is 25.9 Å². The molecule has 1 aliphatic heterocycles. The fourth-order valence-electron chi connectivity index (χ4n) is 3.09. The van der Waals surface area contributed by atoms with Gasteiger partial charge in [0.2, 0.25) is 5.91 Å². The van der Waals surface area contributed by atoms with Crippen LogP contribution < -0.4 is 10.2 Å². The number of aliphatic hydroxyl groups is 1. The lowest BCUT2D eigenvalue weighted by Crippen LogP contribution is -2.54. The largest absolute Gasteiger partial charge is 0.394 e. The molecule has 1 amide bonds. The Balaban J connectivity index is 2.11. The average Bonchev–Trinajstić information content (AvgIpc) is 2.51. The smallest absolute Gasteiger partial charge is 0.224 e. The number of benzene rings is 1. The summed E-state index contributed by atoms with van der Waals surface area (Å²) in [7, 11) is 4.04. The van der Waals surface area contributed by atoms with Crippen LogP contribution in [0.1, 0.15) is 29.5 Å². The van der Waals surface area contributed by atoms with Crippen molar-refractivity contribution in [2.24, 2.45) is 0 Å². The number of nitrogens with zero attached hydrogens (tertiary/aromatic N) is 1. The van der Waals surface area contributed by atoms with Crippen LogP contribution in [-0.4, -0.2) is 48.8 Å². The molecule has 23 heavy (non-hydrogen) atoms. The summed E-state index contributed by atoms with van der Waals surface area (Å²) >= 11 is 1.89. The van der Waals surface area contributed by atoms with Crippen molar-refractivity contribution in [2.75, 3.05) is 37.1 Å². The first-order valence-corrected chi connectivity index (χ1v) is 9.29. The first kappa shape index (κ1) is 18.1. The van der Waals surface area contributed by atoms with Gasteiger partial charge in [-0.05, 0) is 67.0 Å². The molecule has 1 saturated heterocycles. The standard InChI is InChI=1S/C18H28N2O2S/c1-13-9-15(20(3)4)10-14(2)16(13)11-17(22)19-18(12-21)5-7-23-8-6-18/h9-10,21H,5-8,11-12H2,1-4H3,(H,19,22). The molecule has 5 heteroatoms. The van der Waals surface area contributed by atoms with Crippen LogP contribution in [0.5, 0.6) is 0 Å². The summed E-state index contributed by atoms with van der Waals surface area (Å²) in [5.74, 6) is 2.00. The van der Waals surface area contributed by atoms with Crippen molar-refractivity contribution in [3.63, 3.8) is 0 Å². The van der Waals surface area contributed by atoms with Crippen LogP contribution in [0.3, 0.4) is 0 Å². The number of carbonyl (C=O) groups excluding carboxylic acids is 1. The van der Waals surface area contributed by atoms with Crippen molar-refractivity contribution < 1.29 is 9.90 Å². The molecule has 4 nitrogen and oxygen atoms in total. The fourth-order valence-corrected chi connectivity index (χ4v) is 4.37. The zero-order chi connectivity index (χ0) is 17.0. The minimum Gasteiger partial charge on any atom is -0.394 e. The molecule has 0 unspecified atom stereocenters. The zero-order valence-electron chi connectivity index (χ0n) is 14.6. The molecular formula is C18H28N2O2S. The lowest BCUT2D eigenvalue weighted by Gasteiger charge is -2.36. The Morgan fingerprint density at radius 2 is 1.83 bits per heavy atom. The van der Waals surface area contributed by atoms with Crippen molar-refractivity contribution in [2.45, 2.75) is 38.6 Å². The summed E-state index contributed by atoms with van der Waals surface area (Å²) in [6.45, 7) is 4.14. The topological polar surface area (TPSA) is 52.6 Å². The second-order valence-corrected chi connectivity index (χ2v) is 7.95. The van der Waals surface area contributed by atoms with E-state index in [4.69, 9.17) is 0 Å². The highest BCUT2D eigenvalue weighted by atomic mass is 32.2. The van der Waals surface area contributed by atoms with Crippen LogP contribution in [0.2, 0.25) is 0 Å². The van der Waals surface area contributed by atoms with Crippen molar-refractivity contribution in [3.05, 3.63) is 28.8 Å². The van der Waals surface area contributed by atoms with E-state index < -0.39 is 5.54 Å². The molecule has 128 valence electrons. The number of aliphatic hydroxyl groups excluding tert-OH is 1. The number of hydrogen-bond donors (Lipinski definition) is 2. The molecule has 2 rings (SSSR count). The Kier molecular flexibility index (Phi) is 5.98. The summed E-state index contributed by atoms with van der Waals surface area (Å²) in [6, 6.07) is 4.24. The minimum atomic E-state index is -0.423. The summed E-state index contributed by atoms with van der Waals surface area (Å²) in [4.78, 5) is 14.6. The number of nitrogens with one attached hydrogen (secondary N) is 1. The van der Waals surface area contributed by atoms with Gasteiger partial charge in [-0.3, -0.25) is 4.79 Å². The minimum absolute atomic E-state index is 0.00903. The Hall–Kier alpha value is -1.20.